The van der Waals surface area contributed by atoms with Crippen LogP contribution in [0.5, 0.6) is 5.75 Å². The fourth-order valence-corrected chi connectivity index (χ4v) is 1.40. The quantitative estimate of drug-likeness (QED) is 0.877. The Morgan fingerprint density at radius 3 is 2.62 bits per heavy atom. The van der Waals surface area contributed by atoms with E-state index in [1.54, 1.807) is 0 Å². The van der Waals surface area contributed by atoms with E-state index < -0.39 is 21.9 Å². The monoisotopic (exact) mass is 269 g/mol. The van der Waals surface area contributed by atoms with E-state index in [4.69, 9.17) is 0 Å². The summed E-state index contributed by atoms with van der Waals surface area (Å²) < 4.78 is 38.2. The van der Waals surface area contributed by atoms with Crippen molar-refractivity contribution in [3.8, 4) is 5.75 Å². The molecule has 2 N–H and O–H groups in total. The average Bonchev–Trinajstić information content (AvgIpc) is 1.96. The van der Waals surface area contributed by atoms with E-state index >= 15 is 0 Å². The topological polar surface area (TPSA) is 69.4 Å². The molecule has 7 heteroatoms. The van der Waals surface area contributed by atoms with Crippen LogP contribution in [0.2, 0.25) is 0 Å². The highest BCUT2D eigenvalue weighted by Gasteiger charge is 2.12. The van der Waals surface area contributed by atoms with Crippen LogP contribution in [0.4, 0.5) is 4.39 Å². The molecule has 1 aromatic rings. The molecular formula is C6H5BrFNO3S. The molecule has 0 bridgehead atoms. The van der Waals surface area contributed by atoms with Gasteiger partial charge in [-0.1, -0.05) is 6.07 Å². The first kappa shape index (κ1) is 10.4. The first-order valence-electron chi connectivity index (χ1n) is 3.06. The van der Waals surface area contributed by atoms with Crippen molar-refractivity contribution in [2.45, 2.75) is 0 Å². The van der Waals surface area contributed by atoms with Crippen molar-refractivity contribution in [3.05, 3.63) is 28.5 Å². The summed E-state index contributed by atoms with van der Waals surface area (Å²) in [7, 11) is -4.18. The third-order valence-electron chi connectivity index (χ3n) is 1.12. The molecule has 0 aliphatic carbocycles. The van der Waals surface area contributed by atoms with Gasteiger partial charge in [-0.2, -0.15) is 13.6 Å². The number of hydrogen-bond donors (Lipinski definition) is 1. The molecule has 0 spiro atoms. The summed E-state index contributed by atoms with van der Waals surface area (Å²) in [4.78, 5) is 0. The molecule has 0 radical (unpaired) electrons. The van der Waals surface area contributed by atoms with Crippen molar-refractivity contribution < 1.29 is 17.0 Å². The van der Waals surface area contributed by atoms with Crippen LogP contribution in [0.15, 0.2) is 22.7 Å². The van der Waals surface area contributed by atoms with Crippen LogP contribution >= 0.6 is 15.9 Å². The minimum atomic E-state index is -4.18. The fourth-order valence-electron chi connectivity index (χ4n) is 0.674. The molecule has 1 rings (SSSR count). The smallest absolute Gasteiger partial charge is 0.368 e. The second kappa shape index (κ2) is 3.60. The van der Waals surface area contributed by atoms with E-state index in [2.05, 4.69) is 25.3 Å². The number of nitrogens with two attached hydrogens (primary N) is 1. The van der Waals surface area contributed by atoms with E-state index in [1.807, 2.05) is 0 Å². The van der Waals surface area contributed by atoms with E-state index in [-0.39, 0.29) is 4.47 Å². The van der Waals surface area contributed by atoms with Crippen LogP contribution in [0.25, 0.3) is 0 Å². The lowest BCUT2D eigenvalue weighted by Crippen LogP contribution is -2.19. The molecule has 0 atom stereocenters. The van der Waals surface area contributed by atoms with Gasteiger partial charge in [-0.25, -0.2) is 4.39 Å². The molecule has 13 heavy (non-hydrogen) atoms. The fraction of sp³-hybridized carbons (Fsp3) is 0. The maximum absolute atomic E-state index is 13.0. The van der Waals surface area contributed by atoms with Crippen LogP contribution in [0, 0.1) is 5.82 Å². The van der Waals surface area contributed by atoms with Crippen LogP contribution in [-0.2, 0) is 10.3 Å². The Hall–Kier alpha value is -0.660. The zero-order valence-electron chi connectivity index (χ0n) is 6.20. The van der Waals surface area contributed by atoms with Crippen molar-refractivity contribution in [2.75, 3.05) is 0 Å². The highest BCUT2D eigenvalue weighted by Crippen LogP contribution is 2.24. The summed E-state index contributed by atoms with van der Waals surface area (Å²) in [6, 6.07) is 3.99. The largest absolute Gasteiger partial charge is 0.380 e. The van der Waals surface area contributed by atoms with Gasteiger partial charge >= 0.3 is 10.3 Å². The van der Waals surface area contributed by atoms with Crippen LogP contribution in [0.3, 0.4) is 0 Å². The molecule has 72 valence electrons. The van der Waals surface area contributed by atoms with Gasteiger partial charge in [0, 0.05) is 0 Å². The lowest BCUT2D eigenvalue weighted by Gasteiger charge is -2.03. The van der Waals surface area contributed by atoms with E-state index in [9.17, 15) is 12.8 Å². The molecule has 0 aliphatic rings. The van der Waals surface area contributed by atoms with E-state index in [0.717, 1.165) is 6.07 Å². The van der Waals surface area contributed by atoms with Gasteiger partial charge in [0.15, 0.2) is 11.6 Å². The summed E-state index contributed by atoms with van der Waals surface area (Å²) in [5.74, 6) is -1.24. The van der Waals surface area contributed by atoms with Crippen LogP contribution in [0.1, 0.15) is 0 Å². The second-order valence-electron chi connectivity index (χ2n) is 2.13. The van der Waals surface area contributed by atoms with Gasteiger partial charge in [0.05, 0.1) is 4.47 Å². The van der Waals surface area contributed by atoms with Crippen molar-refractivity contribution in [1.82, 2.24) is 0 Å². The zero-order chi connectivity index (χ0) is 10.1. The van der Waals surface area contributed by atoms with E-state index in [0.29, 0.717) is 0 Å². The molecule has 0 unspecified atom stereocenters. The van der Waals surface area contributed by atoms with Gasteiger partial charge in [0.2, 0.25) is 0 Å². The minimum Gasteiger partial charge on any atom is -0.368 e. The van der Waals surface area contributed by atoms with Gasteiger partial charge in [-0.3, -0.25) is 0 Å². The standard InChI is InChI=1S/C6H5BrFNO3S/c7-4-2-1-3-5(6(4)8)12-13(9,10)11/h1-3H,(H2,9,10,11). The first-order valence-corrected chi connectivity index (χ1v) is 5.33. The Bertz CT molecular complexity index is 420. The van der Waals surface area contributed by atoms with Crippen LogP contribution < -0.4 is 9.32 Å². The second-order valence-corrected chi connectivity index (χ2v) is 4.13. The number of rotatable bonds is 2. The molecule has 0 saturated heterocycles. The maximum atomic E-state index is 13.0. The maximum Gasteiger partial charge on any atom is 0.380 e. The SMILES string of the molecule is NS(=O)(=O)Oc1cccc(Br)c1F. The highest BCUT2D eigenvalue weighted by atomic mass is 79.9. The summed E-state index contributed by atoms with van der Waals surface area (Å²) in [5.41, 5.74) is 0. The molecule has 0 fully saturated rings. The summed E-state index contributed by atoms with van der Waals surface area (Å²) in [6.07, 6.45) is 0. The Balaban J connectivity index is 3.10. The Morgan fingerprint density at radius 2 is 2.08 bits per heavy atom. The highest BCUT2D eigenvalue weighted by molar-refractivity contribution is 9.10. The number of benzene rings is 1. The Labute approximate surface area is 82.9 Å². The minimum absolute atomic E-state index is 0.105. The summed E-state index contributed by atoms with van der Waals surface area (Å²) in [5, 5.41) is 4.55. The molecular weight excluding hydrogens is 265 g/mol. The Kier molecular flexibility index (Phi) is 2.89. The molecule has 4 nitrogen and oxygen atoms in total. The summed E-state index contributed by atoms with van der Waals surface area (Å²) in [6.45, 7) is 0. The average molecular weight is 270 g/mol. The Morgan fingerprint density at radius 1 is 1.46 bits per heavy atom. The van der Waals surface area contributed by atoms with Gasteiger partial charge in [0.25, 0.3) is 0 Å². The summed E-state index contributed by atoms with van der Waals surface area (Å²) >= 11 is 2.86. The molecule has 0 heterocycles. The van der Waals surface area contributed by atoms with E-state index in [1.165, 1.54) is 12.1 Å². The van der Waals surface area contributed by atoms with Gasteiger partial charge in [-0.15, -0.1) is 0 Å². The molecule has 0 amide bonds. The van der Waals surface area contributed by atoms with Gasteiger partial charge in [0.1, 0.15) is 0 Å². The van der Waals surface area contributed by atoms with Gasteiger partial charge < -0.3 is 4.18 Å². The van der Waals surface area contributed by atoms with Gasteiger partial charge in [-0.05, 0) is 28.1 Å². The van der Waals surface area contributed by atoms with Crippen molar-refractivity contribution >= 4 is 26.2 Å². The number of hydrogen-bond acceptors (Lipinski definition) is 3. The molecule has 0 aliphatic heterocycles. The number of halogens is 2. The third-order valence-corrected chi connectivity index (χ3v) is 2.15. The normalized spacial score (nSPS) is 11.3. The predicted molar refractivity (Wildman–Crippen MR) is 47.8 cm³/mol. The molecule has 1 aromatic carbocycles. The van der Waals surface area contributed by atoms with Crippen LogP contribution in [-0.4, -0.2) is 8.42 Å². The third kappa shape index (κ3) is 2.94. The van der Waals surface area contributed by atoms with Crippen molar-refractivity contribution in [1.29, 1.82) is 0 Å². The molecule has 0 aromatic heterocycles. The van der Waals surface area contributed by atoms with Crippen molar-refractivity contribution in [3.63, 3.8) is 0 Å². The van der Waals surface area contributed by atoms with Crippen molar-refractivity contribution in [2.24, 2.45) is 5.14 Å². The zero-order valence-corrected chi connectivity index (χ0v) is 8.60. The predicted octanol–water partition coefficient (Wildman–Crippen LogP) is 1.17. The lowest BCUT2D eigenvalue weighted by molar-refractivity contribution is 0.461. The molecule has 0 saturated carbocycles. The first-order chi connectivity index (χ1) is 5.90. The lowest BCUT2D eigenvalue weighted by atomic mass is 10.3.